The van der Waals surface area contributed by atoms with Crippen LogP contribution in [0.3, 0.4) is 0 Å². The molecule has 0 bridgehead atoms. The number of benzene rings is 4. The van der Waals surface area contributed by atoms with Gasteiger partial charge in [0, 0.05) is 49.1 Å². The van der Waals surface area contributed by atoms with Crippen LogP contribution in [-0.2, 0) is 11.3 Å². The average molecular weight is 501 g/mol. The van der Waals surface area contributed by atoms with Crippen LogP contribution >= 0.6 is 0 Å². The van der Waals surface area contributed by atoms with E-state index in [1.54, 1.807) is 0 Å². The highest BCUT2D eigenvalue weighted by Crippen LogP contribution is 2.37. The number of carbonyl (C=O) groups is 1. The molecular weight excluding hydrogens is 468 g/mol. The van der Waals surface area contributed by atoms with Gasteiger partial charge in [-0.05, 0) is 59.9 Å². The molecule has 0 spiro atoms. The van der Waals surface area contributed by atoms with Crippen LogP contribution in [0.2, 0.25) is 0 Å². The van der Waals surface area contributed by atoms with Crippen molar-refractivity contribution in [1.29, 1.82) is 0 Å². The number of rotatable bonds is 8. The minimum atomic E-state index is -0.0793. The number of likely N-dealkylation sites (tertiary alicyclic amines) is 1. The SMILES string of the molecule is O=C(CC(c1cccc(Oc2ccccc2)c1)c1cn(Cc2ccccc2)c2ccccc12)N1CCCC1. The first kappa shape index (κ1) is 24.1. The molecule has 0 saturated carbocycles. The zero-order valence-electron chi connectivity index (χ0n) is 21.5. The summed E-state index contributed by atoms with van der Waals surface area (Å²) in [6, 6.07) is 37.1. The van der Waals surface area contributed by atoms with E-state index in [9.17, 15) is 4.79 Å². The Balaban J connectivity index is 1.41. The first-order chi connectivity index (χ1) is 18.7. The molecule has 4 aromatic carbocycles. The molecular formula is C34H32N2O2. The van der Waals surface area contributed by atoms with E-state index in [1.807, 2.05) is 53.4 Å². The van der Waals surface area contributed by atoms with Gasteiger partial charge in [-0.3, -0.25) is 4.79 Å². The number of carbonyl (C=O) groups excluding carboxylic acids is 1. The van der Waals surface area contributed by atoms with Gasteiger partial charge < -0.3 is 14.2 Å². The van der Waals surface area contributed by atoms with Gasteiger partial charge in [0.2, 0.25) is 5.91 Å². The second-order valence-corrected chi connectivity index (χ2v) is 10.0. The van der Waals surface area contributed by atoms with E-state index in [0.717, 1.165) is 49.5 Å². The van der Waals surface area contributed by atoms with Crippen molar-refractivity contribution in [2.75, 3.05) is 13.1 Å². The van der Waals surface area contributed by atoms with Crippen molar-refractivity contribution >= 4 is 16.8 Å². The molecule has 190 valence electrons. The van der Waals surface area contributed by atoms with Crippen molar-refractivity contribution in [1.82, 2.24) is 9.47 Å². The standard InChI is InChI=1S/C34H32N2O2/c37-34(35-20-9-10-21-35)23-31(27-14-11-17-29(22-27)38-28-15-5-2-6-16-28)32-25-36(24-26-12-3-1-4-13-26)33-19-8-7-18-30(32)33/h1-8,11-19,22,25,31H,9-10,20-21,23-24H2. The summed E-state index contributed by atoms with van der Waals surface area (Å²) in [5.74, 6) is 1.72. The fourth-order valence-electron chi connectivity index (χ4n) is 5.56. The third kappa shape index (κ3) is 5.21. The van der Waals surface area contributed by atoms with E-state index in [1.165, 1.54) is 22.0 Å². The molecule has 0 radical (unpaired) electrons. The smallest absolute Gasteiger partial charge is 0.223 e. The first-order valence-electron chi connectivity index (χ1n) is 13.5. The van der Waals surface area contributed by atoms with Crippen LogP contribution in [0.1, 0.15) is 41.9 Å². The number of hydrogen-bond acceptors (Lipinski definition) is 2. The minimum Gasteiger partial charge on any atom is -0.457 e. The summed E-state index contributed by atoms with van der Waals surface area (Å²) < 4.78 is 8.50. The molecule has 4 nitrogen and oxygen atoms in total. The number of hydrogen-bond donors (Lipinski definition) is 0. The van der Waals surface area contributed by atoms with Gasteiger partial charge in [0.1, 0.15) is 11.5 Å². The van der Waals surface area contributed by atoms with Crippen molar-refractivity contribution in [3.63, 3.8) is 0 Å². The molecule has 5 aromatic rings. The Morgan fingerprint density at radius 1 is 0.763 bits per heavy atom. The maximum absolute atomic E-state index is 13.5. The predicted molar refractivity (Wildman–Crippen MR) is 153 cm³/mol. The van der Waals surface area contributed by atoms with E-state index in [0.29, 0.717) is 6.42 Å². The molecule has 1 aliphatic heterocycles. The Labute approximate surface area is 224 Å². The normalized spacial score (nSPS) is 14.1. The van der Waals surface area contributed by atoms with Crippen molar-refractivity contribution in [2.24, 2.45) is 0 Å². The molecule has 1 amide bonds. The lowest BCUT2D eigenvalue weighted by molar-refractivity contribution is -0.130. The summed E-state index contributed by atoms with van der Waals surface area (Å²) in [7, 11) is 0. The lowest BCUT2D eigenvalue weighted by Crippen LogP contribution is -2.29. The van der Waals surface area contributed by atoms with Crippen LogP contribution in [0.4, 0.5) is 0 Å². The molecule has 1 atom stereocenters. The zero-order chi connectivity index (χ0) is 25.7. The molecule has 1 unspecified atom stereocenters. The molecule has 2 heterocycles. The summed E-state index contributed by atoms with van der Waals surface area (Å²) in [4.78, 5) is 15.5. The number of para-hydroxylation sites is 2. The van der Waals surface area contributed by atoms with Crippen LogP contribution in [0.15, 0.2) is 115 Å². The summed E-state index contributed by atoms with van der Waals surface area (Å²) >= 11 is 0. The fraction of sp³-hybridized carbons (Fsp3) is 0.206. The molecule has 1 saturated heterocycles. The third-order valence-corrected chi connectivity index (χ3v) is 7.47. The highest BCUT2D eigenvalue weighted by atomic mass is 16.5. The van der Waals surface area contributed by atoms with Crippen molar-refractivity contribution in [3.05, 3.63) is 132 Å². The predicted octanol–water partition coefficient (Wildman–Crippen LogP) is 7.63. The minimum absolute atomic E-state index is 0.0793. The Morgan fingerprint density at radius 2 is 1.45 bits per heavy atom. The number of ether oxygens (including phenoxy) is 1. The number of aromatic nitrogens is 1. The lowest BCUT2D eigenvalue weighted by Gasteiger charge is -2.22. The van der Waals surface area contributed by atoms with Gasteiger partial charge in [-0.25, -0.2) is 0 Å². The number of nitrogens with zero attached hydrogens (tertiary/aromatic N) is 2. The Morgan fingerprint density at radius 3 is 2.24 bits per heavy atom. The molecule has 1 aromatic heterocycles. The van der Waals surface area contributed by atoms with Gasteiger partial charge in [-0.15, -0.1) is 0 Å². The van der Waals surface area contributed by atoms with E-state index >= 15 is 0 Å². The molecule has 6 rings (SSSR count). The average Bonchev–Trinajstić information content (AvgIpc) is 3.62. The molecule has 0 aliphatic carbocycles. The molecule has 1 aliphatic rings. The Bertz CT molecular complexity index is 1520. The van der Waals surface area contributed by atoms with Crippen molar-refractivity contribution in [3.8, 4) is 11.5 Å². The van der Waals surface area contributed by atoms with E-state index in [4.69, 9.17) is 4.74 Å². The summed E-state index contributed by atoms with van der Waals surface area (Å²) in [6.45, 7) is 2.50. The molecule has 1 fully saturated rings. The second-order valence-electron chi connectivity index (χ2n) is 10.0. The van der Waals surface area contributed by atoms with E-state index in [2.05, 4.69) is 71.4 Å². The van der Waals surface area contributed by atoms with Gasteiger partial charge in [-0.1, -0.05) is 78.9 Å². The monoisotopic (exact) mass is 500 g/mol. The maximum atomic E-state index is 13.5. The van der Waals surface area contributed by atoms with E-state index in [-0.39, 0.29) is 11.8 Å². The van der Waals surface area contributed by atoms with Gasteiger partial charge in [0.15, 0.2) is 0 Å². The highest BCUT2D eigenvalue weighted by molar-refractivity contribution is 5.87. The maximum Gasteiger partial charge on any atom is 0.223 e. The van der Waals surface area contributed by atoms with Crippen molar-refractivity contribution < 1.29 is 9.53 Å². The number of fused-ring (bicyclic) bond motifs is 1. The Kier molecular flexibility index (Phi) is 6.95. The van der Waals surface area contributed by atoms with Crippen LogP contribution in [0.25, 0.3) is 10.9 Å². The van der Waals surface area contributed by atoms with Gasteiger partial charge in [-0.2, -0.15) is 0 Å². The van der Waals surface area contributed by atoms with Gasteiger partial charge in [0.05, 0.1) is 0 Å². The Hall–Kier alpha value is -4.31. The van der Waals surface area contributed by atoms with Crippen LogP contribution in [0, 0.1) is 0 Å². The summed E-state index contributed by atoms with van der Waals surface area (Å²) in [5.41, 5.74) is 4.71. The largest absolute Gasteiger partial charge is 0.457 e. The quantitative estimate of drug-likeness (QED) is 0.220. The number of amides is 1. The van der Waals surface area contributed by atoms with Crippen LogP contribution < -0.4 is 4.74 Å². The zero-order valence-corrected chi connectivity index (χ0v) is 21.5. The molecule has 38 heavy (non-hydrogen) atoms. The van der Waals surface area contributed by atoms with Crippen LogP contribution in [-0.4, -0.2) is 28.5 Å². The molecule has 4 heteroatoms. The van der Waals surface area contributed by atoms with Gasteiger partial charge >= 0.3 is 0 Å². The summed E-state index contributed by atoms with van der Waals surface area (Å²) in [5, 5.41) is 1.19. The van der Waals surface area contributed by atoms with Gasteiger partial charge in [0.25, 0.3) is 0 Å². The van der Waals surface area contributed by atoms with Crippen LogP contribution in [0.5, 0.6) is 11.5 Å². The summed E-state index contributed by atoms with van der Waals surface area (Å²) in [6.07, 6.45) is 4.87. The van der Waals surface area contributed by atoms with E-state index < -0.39 is 0 Å². The topological polar surface area (TPSA) is 34.5 Å². The highest BCUT2D eigenvalue weighted by Gasteiger charge is 2.27. The fourth-order valence-corrected chi connectivity index (χ4v) is 5.56. The lowest BCUT2D eigenvalue weighted by atomic mass is 9.87. The van der Waals surface area contributed by atoms with Crippen molar-refractivity contribution in [2.45, 2.75) is 31.7 Å². The third-order valence-electron chi connectivity index (χ3n) is 7.47. The molecule has 0 N–H and O–H groups in total. The first-order valence-corrected chi connectivity index (χ1v) is 13.5. The second kappa shape index (κ2) is 11.0.